The first kappa shape index (κ1) is 19.4. The third kappa shape index (κ3) is 5.07. The number of hydrogen-bond acceptors (Lipinski definition) is 4. The molecule has 1 aliphatic rings. The number of nitrogens with zero attached hydrogens (tertiary/aromatic N) is 3. The molecule has 1 fully saturated rings. The van der Waals surface area contributed by atoms with Crippen LogP contribution in [0.2, 0.25) is 0 Å². The summed E-state index contributed by atoms with van der Waals surface area (Å²) >= 11 is 0. The van der Waals surface area contributed by atoms with Crippen molar-refractivity contribution in [3.05, 3.63) is 46.1 Å². The molecule has 1 aromatic heterocycles. The highest BCUT2D eigenvalue weighted by Crippen LogP contribution is 2.18. The molecule has 2 N–H and O–H groups in total. The van der Waals surface area contributed by atoms with Crippen molar-refractivity contribution in [3.63, 3.8) is 0 Å². The molecule has 1 aliphatic heterocycles. The van der Waals surface area contributed by atoms with Crippen molar-refractivity contribution in [1.82, 2.24) is 19.7 Å². The molecule has 1 unspecified atom stereocenters. The van der Waals surface area contributed by atoms with Gasteiger partial charge in [-0.2, -0.15) is 5.10 Å². The van der Waals surface area contributed by atoms with E-state index in [1.807, 2.05) is 31.2 Å². The van der Waals surface area contributed by atoms with Crippen LogP contribution in [0.5, 0.6) is 0 Å². The summed E-state index contributed by atoms with van der Waals surface area (Å²) in [6.07, 6.45) is 5.13. The number of rotatable bonds is 7. The fourth-order valence-electron chi connectivity index (χ4n) is 3.71. The summed E-state index contributed by atoms with van der Waals surface area (Å²) in [5.41, 5.74) is 1.60. The Hall–Kier alpha value is -2.41. The number of benzene rings is 1. The zero-order valence-corrected chi connectivity index (χ0v) is 15.9. The van der Waals surface area contributed by atoms with E-state index < -0.39 is 5.97 Å². The summed E-state index contributed by atoms with van der Waals surface area (Å²) in [5, 5.41) is 16.7. The highest BCUT2D eigenvalue weighted by atomic mass is 16.4. The second-order valence-electron chi connectivity index (χ2n) is 7.28. The maximum absolute atomic E-state index is 12.8. The van der Waals surface area contributed by atoms with Gasteiger partial charge in [-0.1, -0.05) is 12.1 Å². The molecule has 0 spiro atoms. The lowest BCUT2D eigenvalue weighted by Gasteiger charge is -2.12. The van der Waals surface area contributed by atoms with Crippen molar-refractivity contribution < 1.29 is 9.90 Å². The molecule has 2 aromatic rings. The summed E-state index contributed by atoms with van der Waals surface area (Å²) in [6, 6.07) is 7.46. The Bertz CT molecular complexity index is 815. The molecule has 1 atom stereocenters. The van der Waals surface area contributed by atoms with Gasteiger partial charge in [-0.3, -0.25) is 4.79 Å². The summed E-state index contributed by atoms with van der Waals surface area (Å²) in [7, 11) is 0. The maximum Gasteiger partial charge on any atom is 0.350 e. The normalized spacial score (nSPS) is 17.6. The summed E-state index contributed by atoms with van der Waals surface area (Å²) in [4.78, 5) is 23.5. The fourth-order valence-corrected chi connectivity index (χ4v) is 3.71. The third-order valence-corrected chi connectivity index (χ3v) is 5.27. The van der Waals surface area contributed by atoms with Crippen LogP contribution in [0.25, 0.3) is 5.69 Å². The van der Waals surface area contributed by atoms with Gasteiger partial charge in [-0.15, -0.1) is 0 Å². The van der Waals surface area contributed by atoms with E-state index >= 15 is 0 Å². The number of hydrogen-bond donors (Lipinski definition) is 2. The van der Waals surface area contributed by atoms with E-state index in [2.05, 4.69) is 10.4 Å². The zero-order chi connectivity index (χ0) is 19.2. The molecule has 0 bridgehead atoms. The average molecular weight is 372 g/mol. The lowest BCUT2D eigenvalue weighted by molar-refractivity contribution is -0.136. The van der Waals surface area contributed by atoms with Crippen LogP contribution in [0.1, 0.15) is 43.5 Å². The maximum atomic E-state index is 12.8. The zero-order valence-electron chi connectivity index (χ0n) is 15.9. The minimum atomic E-state index is -0.808. The van der Waals surface area contributed by atoms with Crippen molar-refractivity contribution in [1.29, 1.82) is 0 Å². The number of carbonyl (C=O) groups is 1. The van der Waals surface area contributed by atoms with E-state index in [9.17, 15) is 9.59 Å². The first-order valence-electron chi connectivity index (χ1n) is 9.73. The van der Waals surface area contributed by atoms with Crippen molar-refractivity contribution in [2.45, 2.75) is 52.0 Å². The summed E-state index contributed by atoms with van der Waals surface area (Å²) in [5.74, 6) is 0.503. The van der Waals surface area contributed by atoms with Gasteiger partial charge >= 0.3 is 11.7 Å². The van der Waals surface area contributed by atoms with E-state index in [0.717, 1.165) is 37.2 Å². The molecule has 7 nitrogen and oxygen atoms in total. The van der Waals surface area contributed by atoms with Crippen LogP contribution in [-0.4, -0.2) is 38.5 Å². The van der Waals surface area contributed by atoms with Gasteiger partial charge < -0.3 is 10.4 Å². The van der Waals surface area contributed by atoms with Gasteiger partial charge in [0, 0.05) is 13.0 Å². The molecular formula is C20H28N4O3. The Morgan fingerprint density at radius 2 is 2.04 bits per heavy atom. The second-order valence-corrected chi connectivity index (χ2v) is 7.28. The molecule has 1 saturated heterocycles. The number of nitrogens with one attached hydrogen (secondary N) is 1. The molecule has 1 aromatic carbocycles. The minimum absolute atomic E-state index is 0.104. The van der Waals surface area contributed by atoms with E-state index in [1.165, 1.54) is 12.8 Å². The van der Waals surface area contributed by atoms with E-state index in [4.69, 9.17) is 5.11 Å². The van der Waals surface area contributed by atoms with Crippen molar-refractivity contribution >= 4 is 5.97 Å². The number of aryl methyl sites for hydroxylation is 3. The smallest absolute Gasteiger partial charge is 0.350 e. The van der Waals surface area contributed by atoms with Crippen LogP contribution in [0.15, 0.2) is 29.1 Å². The minimum Gasteiger partial charge on any atom is -0.481 e. The number of carboxylic acid groups (broad SMARTS) is 1. The van der Waals surface area contributed by atoms with Gasteiger partial charge in [0.05, 0.1) is 5.69 Å². The molecule has 27 heavy (non-hydrogen) atoms. The Kier molecular flexibility index (Phi) is 6.45. The van der Waals surface area contributed by atoms with Gasteiger partial charge in [0.1, 0.15) is 5.82 Å². The first-order valence-corrected chi connectivity index (χ1v) is 9.73. The Morgan fingerprint density at radius 3 is 2.78 bits per heavy atom. The molecule has 2 heterocycles. The third-order valence-electron chi connectivity index (χ3n) is 5.27. The van der Waals surface area contributed by atoms with Gasteiger partial charge in [0.25, 0.3) is 0 Å². The second kappa shape index (κ2) is 8.99. The molecular weight excluding hydrogens is 344 g/mol. The Labute approximate surface area is 159 Å². The van der Waals surface area contributed by atoms with Crippen molar-refractivity contribution in [2.24, 2.45) is 5.92 Å². The highest BCUT2D eigenvalue weighted by Gasteiger charge is 2.15. The average Bonchev–Trinajstić information content (AvgIpc) is 2.82. The van der Waals surface area contributed by atoms with E-state index in [0.29, 0.717) is 24.7 Å². The van der Waals surface area contributed by atoms with Gasteiger partial charge in [-0.05, 0) is 75.7 Å². The van der Waals surface area contributed by atoms with Gasteiger partial charge in [0.15, 0.2) is 0 Å². The Morgan fingerprint density at radius 1 is 1.26 bits per heavy atom. The van der Waals surface area contributed by atoms with E-state index in [-0.39, 0.29) is 12.1 Å². The van der Waals surface area contributed by atoms with Crippen LogP contribution >= 0.6 is 0 Å². The van der Waals surface area contributed by atoms with Crippen molar-refractivity contribution in [2.75, 3.05) is 13.1 Å². The van der Waals surface area contributed by atoms with E-state index in [1.54, 1.807) is 9.25 Å². The van der Waals surface area contributed by atoms with Gasteiger partial charge in [-0.25, -0.2) is 14.0 Å². The Balaban J connectivity index is 1.69. The molecule has 146 valence electrons. The van der Waals surface area contributed by atoms with Gasteiger partial charge in [0.2, 0.25) is 0 Å². The van der Waals surface area contributed by atoms with Crippen LogP contribution in [0, 0.1) is 12.8 Å². The monoisotopic (exact) mass is 372 g/mol. The number of carboxylic acids is 1. The lowest BCUT2D eigenvalue weighted by atomic mass is 9.97. The highest BCUT2D eigenvalue weighted by molar-refractivity contribution is 5.67. The van der Waals surface area contributed by atoms with Crippen LogP contribution < -0.4 is 11.0 Å². The number of aromatic nitrogens is 3. The lowest BCUT2D eigenvalue weighted by Crippen LogP contribution is -2.25. The number of aliphatic carboxylic acids is 1. The molecule has 3 rings (SSSR count). The summed E-state index contributed by atoms with van der Waals surface area (Å²) < 4.78 is 3.20. The predicted molar refractivity (Wildman–Crippen MR) is 103 cm³/mol. The predicted octanol–water partition coefficient (Wildman–Crippen LogP) is 2.14. The van der Waals surface area contributed by atoms with Crippen LogP contribution in [-0.2, 0) is 17.8 Å². The first-order chi connectivity index (χ1) is 13.0. The van der Waals surface area contributed by atoms with Crippen molar-refractivity contribution in [3.8, 4) is 5.69 Å². The van der Waals surface area contributed by atoms with Crippen LogP contribution in [0.4, 0.5) is 0 Å². The largest absolute Gasteiger partial charge is 0.481 e. The standard InChI is InChI=1S/C20H28N4O3/c1-15-22-23(14-11-16-3-2-12-21-13-10-16)20(27)24(15)18-7-4-17(5-8-18)6-9-19(25)26/h4-5,7-8,16,21H,2-3,6,9-14H2,1H3,(H,25,26). The SMILES string of the molecule is Cc1nn(CCC2CCCNCC2)c(=O)n1-c1ccc(CCC(=O)O)cc1. The molecule has 0 radical (unpaired) electrons. The topological polar surface area (TPSA) is 89.2 Å². The molecule has 0 amide bonds. The molecule has 7 heteroatoms. The summed E-state index contributed by atoms with van der Waals surface area (Å²) in [6.45, 7) is 4.63. The molecule has 0 saturated carbocycles. The molecule has 0 aliphatic carbocycles. The van der Waals surface area contributed by atoms with Crippen LogP contribution in [0.3, 0.4) is 0 Å². The fraction of sp³-hybridized carbons (Fsp3) is 0.550. The quantitative estimate of drug-likeness (QED) is 0.777.